The van der Waals surface area contributed by atoms with Crippen molar-refractivity contribution < 1.29 is 19.1 Å². The van der Waals surface area contributed by atoms with Gasteiger partial charge < -0.3 is 20.1 Å². The molecule has 3 aromatic rings. The topological polar surface area (TPSA) is 94.5 Å². The zero-order chi connectivity index (χ0) is 22.9. The molecule has 0 bridgehead atoms. The molecule has 0 aliphatic heterocycles. The highest BCUT2D eigenvalue weighted by atomic mass is 16.5. The summed E-state index contributed by atoms with van der Waals surface area (Å²) in [6.07, 6.45) is 7.18. The normalized spacial score (nSPS) is 10.2. The van der Waals surface area contributed by atoms with Crippen LogP contribution in [0.4, 0.5) is 11.5 Å². The number of rotatable bonds is 7. The van der Waals surface area contributed by atoms with E-state index in [0.717, 1.165) is 0 Å². The van der Waals surface area contributed by atoms with E-state index in [2.05, 4.69) is 27.8 Å². The van der Waals surface area contributed by atoms with Crippen molar-refractivity contribution in [2.45, 2.75) is 6.92 Å². The molecule has 0 atom stereocenters. The van der Waals surface area contributed by atoms with E-state index in [1.165, 1.54) is 13.2 Å². The molecule has 162 valence electrons. The van der Waals surface area contributed by atoms with E-state index < -0.39 is 5.91 Å². The number of benzene rings is 2. The summed E-state index contributed by atoms with van der Waals surface area (Å²) in [6.45, 7) is 1.65. The molecule has 8 heteroatoms. The first-order valence-electron chi connectivity index (χ1n) is 9.66. The van der Waals surface area contributed by atoms with Gasteiger partial charge in [-0.1, -0.05) is 30.2 Å². The molecule has 3 rings (SSSR count). The van der Waals surface area contributed by atoms with Gasteiger partial charge >= 0.3 is 0 Å². The molecular formula is C24H22N4O4. The number of carbonyl (C=O) groups excluding carboxylic acids is 2. The Kier molecular flexibility index (Phi) is 7.28. The standard InChI is InChI=1S/C24H22N4O4/c1-4-16-32-23-17(8-7-11-20(23)31-3)12-13-22(29)25-19-10-6-5-9-18(19)24(30)26-21-14-15-28(2)27-21/h5-15H,1-3H3,(H,25,29)(H,26,27,30)/b13-12+. The van der Waals surface area contributed by atoms with E-state index in [1.807, 2.05) is 0 Å². The van der Waals surface area contributed by atoms with Gasteiger partial charge in [-0.2, -0.15) is 5.10 Å². The molecule has 2 N–H and O–H groups in total. The van der Waals surface area contributed by atoms with Gasteiger partial charge in [0.1, 0.15) is 6.11 Å². The van der Waals surface area contributed by atoms with Crippen LogP contribution in [0.1, 0.15) is 22.8 Å². The van der Waals surface area contributed by atoms with Crippen molar-refractivity contribution >= 4 is 29.4 Å². The van der Waals surface area contributed by atoms with Crippen LogP contribution in [0.2, 0.25) is 0 Å². The summed E-state index contributed by atoms with van der Waals surface area (Å²) < 4.78 is 12.3. The predicted octanol–water partition coefficient (Wildman–Crippen LogP) is 3.69. The van der Waals surface area contributed by atoms with E-state index in [4.69, 9.17) is 9.47 Å². The third-order valence-electron chi connectivity index (χ3n) is 4.28. The van der Waals surface area contributed by atoms with Crippen molar-refractivity contribution in [1.82, 2.24) is 9.78 Å². The van der Waals surface area contributed by atoms with Gasteiger partial charge in [-0.05, 0) is 24.3 Å². The van der Waals surface area contributed by atoms with Crippen molar-refractivity contribution in [3.05, 3.63) is 71.9 Å². The Morgan fingerprint density at radius 2 is 1.91 bits per heavy atom. The number of aryl methyl sites for hydroxylation is 1. The first kappa shape index (κ1) is 22.2. The molecule has 0 saturated carbocycles. The molecule has 0 unspecified atom stereocenters. The number of ether oxygens (including phenoxy) is 2. The Morgan fingerprint density at radius 1 is 1.09 bits per heavy atom. The van der Waals surface area contributed by atoms with E-state index in [9.17, 15) is 9.59 Å². The van der Waals surface area contributed by atoms with Gasteiger partial charge in [-0.15, -0.1) is 0 Å². The monoisotopic (exact) mass is 430 g/mol. The van der Waals surface area contributed by atoms with Crippen LogP contribution < -0.4 is 20.1 Å². The average molecular weight is 430 g/mol. The fourth-order valence-electron chi connectivity index (χ4n) is 2.83. The molecule has 8 nitrogen and oxygen atoms in total. The first-order chi connectivity index (χ1) is 15.5. The maximum atomic E-state index is 12.6. The van der Waals surface area contributed by atoms with Crippen LogP contribution in [0, 0.1) is 12.0 Å². The van der Waals surface area contributed by atoms with Gasteiger partial charge in [0, 0.05) is 37.9 Å². The smallest absolute Gasteiger partial charge is 0.258 e. The van der Waals surface area contributed by atoms with Gasteiger partial charge in [0.25, 0.3) is 5.91 Å². The highest BCUT2D eigenvalue weighted by molar-refractivity contribution is 6.11. The fraction of sp³-hybridized carbons (Fsp3) is 0.125. The molecule has 32 heavy (non-hydrogen) atoms. The van der Waals surface area contributed by atoms with Crippen LogP contribution in [0.25, 0.3) is 6.08 Å². The summed E-state index contributed by atoms with van der Waals surface area (Å²) in [5.41, 5.74) is 1.29. The minimum absolute atomic E-state index is 0.309. The fourth-order valence-corrected chi connectivity index (χ4v) is 2.83. The number of amides is 2. The lowest BCUT2D eigenvalue weighted by Crippen LogP contribution is -2.17. The van der Waals surface area contributed by atoms with Crippen molar-refractivity contribution in [1.29, 1.82) is 0 Å². The third kappa shape index (κ3) is 5.55. The summed E-state index contributed by atoms with van der Waals surface area (Å²) in [4.78, 5) is 25.2. The summed E-state index contributed by atoms with van der Waals surface area (Å²) in [5.74, 6) is 3.17. The molecule has 0 fully saturated rings. The highest BCUT2D eigenvalue weighted by Gasteiger charge is 2.14. The summed E-state index contributed by atoms with van der Waals surface area (Å²) in [7, 11) is 3.28. The number of nitrogens with one attached hydrogen (secondary N) is 2. The van der Waals surface area contributed by atoms with Crippen LogP contribution in [0.5, 0.6) is 11.5 Å². The van der Waals surface area contributed by atoms with Crippen molar-refractivity contribution in [3.8, 4) is 23.5 Å². The van der Waals surface area contributed by atoms with Crippen molar-refractivity contribution in [3.63, 3.8) is 0 Å². The second-order valence-corrected chi connectivity index (χ2v) is 6.53. The van der Waals surface area contributed by atoms with Gasteiger partial charge in [0.05, 0.1) is 18.4 Å². The Hall–Kier alpha value is -4.51. The summed E-state index contributed by atoms with van der Waals surface area (Å²) >= 11 is 0. The number of carbonyl (C=O) groups is 2. The second-order valence-electron chi connectivity index (χ2n) is 6.53. The lowest BCUT2D eigenvalue weighted by molar-refractivity contribution is -0.111. The van der Waals surface area contributed by atoms with Crippen LogP contribution in [-0.2, 0) is 11.8 Å². The number of para-hydroxylation sites is 2. The first-order valence-corrected chi connectivity index (χ1v) is 9.66. The molecule has 0 aliphatic carbocycles. The maximum absolute atomic E-state index is 12.6. The summed E-state index contributed by atoms with van der Waals surface area (Å²) in [5, 5.41) is 9.57. The Balaban J connectivity index is 1.76. The second kappa shape index (κ2) is 10.5. The van der Waals surface area contributed by atoms with Crippen molar-refractivity contribution in [2.24, 2.45) is 7.05 Å². The quantitative estimate of drug-likeness (QED) is 0.440. The zero-order valence-corrected chi connectivity index (χ0v) is 17.9. The molecule has 2 aromatic carbocycles. The van der Waals surface area contributed by atoms with Gasteiger partial charge in [0.15, 0.2) is 17.3 Å². The Labute approximate surface area is 185 Å². The van der Waals surface area contributed by atoms with E-state index in [-0.39, 0.29) is 5.91 Å². The van der Waals surface area contributed by atoms with E-state index in [1.54, 1.807) is 79.5 Å². The molecule has 0 spiro atoms. The molecule has 1 heterocycles. The molecular weight excluding hydrogens is 408 g/mol. The van der Waals surface area contributed by atoms with Gasteiger partial charge in [-0.3, -0.25) is 14.3 Å². The molecule has 0 aliphatic rings. The average Bonchev–Trinajstić information content (AvgIpc) is 3.20. The summed E-state index contributed by atoms with van der Waals surface area (Å²) in [6, 6.07) is 13.7. The highest BCUT2D eigenvalue weighted by Crippen LogP contribution is 2.31. The molecule has 1 aromatic heterocycles. The largest absolute Gasteiger partial charge is 0.493 e. The number of aromatic nitrogens is 2. The van der Waals surface area contributed by atoms with Crippen LogP contribution in [-0.4, -0.2) is 28.7 Å². The number of anilines is 2. The minimum Gasteiger partial charge on any atom is -0.493 e. The van der Waals surface area contributed by atoms with Crippen LogP contribution in [0.15, 0.2) is 60.8 Å². The zero-order valence-electron chi connectivity index (χ0n) is 17.9. The van der Waals surface area contributed by atoms with Crippen LogP contribution in [0.3, 0.4) is 0 Å². The molecule has 0 saturated heterocycles. The minimum atomic E-state index is -0.418. The number of hydrogen-bond acceptors (Lipinski definition) is 5. The van der Waals surface area contributed by atoms with Crippen molar-refractivity contribution in [2.75, 3.05) is 17.7 Å². The van der Waals surface area contributed by atoms with E-state index in [0.29, 0.717) is 34.1 Å². The van der Waals surface area contributed by atoms with Gasteiger partial charge in [-0.25, -0.2) is 0 Å². The number of hydrogen-bond donors (Lipinski definition) is 2. The lowest BCUT2D eigenvalue weighted by Gasteiger charge is -2.10. The van der Waals surface area contributed by atoms with E-state index >= 15 is 0 Å². The Bertz CT molecular complexity index is 1220. The lowest BCUT2D eigenvalue weighted by atomic mass is 10.1. The maximum Gasteiger partial charge on any atom is 0.258 e. The SMILES string of the molecule is CC#COc1c(/C=C/C(=O)Nc2ccccc2C(=O)Nc2ccn(C)n2)cccc1OC. The molecule has 2 amide bonds. The third-order valence-corrected chi connectivity index (χ3v) is 4.28. The van der Waals surface area contributed by atoms with Gasteiger partial charge in [0.2, 0.25) is 5.91 Å². The number of nitrogens with zero attached hydrogens (tertiary/aromatic N) is 2. The number of methoxy groups -OCH3 is 1. The van der Waals surface area contributed by atoms with Crippen LogP contribution >= 0.6 is 0 Å². The predicted molar refractivity (Wildman–Crippen MR) is 122 cm³/mol. The molecule has 0 radical (unpaired) electrons. The Morgan fingerprint density at radius 3 is 2.62 bits per heavy atom.